The van der Waals surface area contributed by atoms with Gasteiger partial charge in [-0.2, -0.15) is 0 Å². The first kappa shape index (κ1) is 20.1. The Morgan fingerprint density at radius 3 is 2.20 bits per heavy atom. The lowest BCUT2D eigenvalue weighted by molar-refractivity contribution is 0.302. The van der Waals surface area contributed by atoms with Crippen LogP contribution in [0.1, 0.15) is 25.0 Å². The van der Waals surface area contributed by atoms with Gasteiger partial charge in [0.2, 0.25) is 0 Å². The molecule has 0 atom stereocenters. The highest BCUT2D eigenvalue weighted by Crippen LogP contribution is 2.25. The summed E-state index contributed by atoms with van der Waals surface area (Å²) in [6.07, 6.45) is 0. The van der Waals surface area contributed by atoms with Crippen LogP contribution in [0, 0.1) is 0 Å². The van der Waals surface area contributed by atoms with E-state index in [2.05, 4.69) is 36.2 Å². The van der Waals surface area contributed by atoms with Gasteiger partial charge < -0.3 is 15.0 Å². The maximum Gasteiger partial charge on any atom is 0.119 e. The highest BCUT2D eigenvalue weighted by Gasteiger charge is 2.06. The minimum Gasteiger partial charge on any atom is -0.489 e. The Kier molecular flexibility index (Phi) is 8.56. The summed E-state index contributed by atoms with van der Waals surface area (Å²) >= 11 is 12.3. The van der Waals surface area contributed by atoms with Gasteiger partial charge in [0.05, 0.1) is 0 Å². The molecule has 0 unspecified atom stereocenters. The van der Waals surface area contributed by atoms with Crippen molar-refractivity contribution >= 4 is 23.2 Å². The SMILES string of the molecule is CCN(CC)CCNCc1ccc(OCc2c(Cl)cccc2Cl)cc1. The molecule has 0 aromatic heterocycles. The van der Waals surface area contributed by atoms with Crippen molar-refractivity contribution in [1.29, 1.82) is 0 Å². The molecule has 0 fully saturated rings. The van der Waals surface area contributed by atoms with Crippen molar-refractivity contribution in [3.8, 4) is 5.75 Å². The normalized spacial score (nSPS) is 11.1. The first-order chi connectivity index (χ1) is 12.1. The lowest BCUT2D eigenvalue weighted by Crippen LogP contribution is -2.31. The molecule has 25 heavy (non-hydrogen) atoms. The van der Waals surface area contributed by atoms with Crippen molar-refractivity contribution in [2.24, 2.45) is 0 Å². The summed E-state index contributed by atoms with van der Waals surface area (Å²) in [6, 6.07) is 13.6. The van der Waals surface area contributed by atoms with Gasteiger partial charge in [-0.3, -0.25) is 0 Å². The zero-order chi connectivity index (χ0) is 18.1. The third-order valence-electron chi connectivity index (χ3n) is 4.20. The van der Waals surface area contributed by atoms with Crippen LogP contribution in [0.5, 0.6) is 5.75 Å². The molecule has 0 bridgehead atoms. The third-order valence-corrected chi connectivity index (χ3v) is 4.90. The Labute approximate surface area is 160 Å². The molecule has 0 saturated carbocycles. The van der Waals surface area contributed by atoms with Gasteiger partial charge in [-0.05, 0) is 42.9 Å². The van der Waals surface area contributed by atoms with E-state index in [0.717, 1.165) is 44.0 Å². The molecule has 2 aromatic rings. The first-order valence-corrected chi connectivity index (χ1v) is 9.47. The molecule has 0 spiro atoms. The molecular formula is C20H26Cl2N2O. The molecule has 136 valence electrons. The van der Waals surface area contributed by atoms with Crippen molar-refractivity contribution in [2.45, 2.75) is 27.0 Å². The lowest BCUT2D eigenvalue weighted by atomic mass is 10.2. The number of hydrogen-bond acceptors (Lipinski definition) is 3. The van der Waals surface area contributed by atoms with Crippen LogP contribution in [-0.2, 0) is 13.2 Å². The third kappa shape index (κ3) is 6.52. The van der Waals surface area contributed by atoms with E-state index >= 15 is 0 Å². The zero-order valence-corrected chi connectivity index (χ0v) is 16.4. The minimum absolute atomic E-state index is 0.361. The number of halogens is 2. The smallest absolute Gasteiger partial charge is 0.119 e. The standard InChI is InChI=1S/C20H26Cl2N2O/c1-3-24(4-2)13-12-23-14-16-8-10-17(11-9-16)25-15-18-19(21)6-5-7-20(18)22/h5-11,23H,3-4,12-15H2,1-2H3. The fourth-order valence-corrected chi connectivity index (χ4v) is 3.05. The fourth-order valence-electron chi connectivity index (χ4n) is 2.54. The van der Waals surface area contributed by atoms with Gasteiger partial charge in [0.25, 0.3) is 0 Å². The van der Waals surface area contributed by atoms with Gasteiger partial charge in [-0.1, -0.05) is 55.2 Å². The van der Waals surface area contributed by atoms with E-state index in [1.54, 1.807) is 0 Å². The van der Waals surface area contributed by atoms with Crippen LogP contribution >= 0.6 is 23.2 Å². The average Bonchev–Trinajstić information content (AvgIpc) is 2.62. The number of likely N-dealkylation sites (N-methyl/N-ethyl adjacent to an activating group) is 1. The molecule has 5 heteroatoms. The predicted molar refractivity (Wildman–Crippen MR) is 107 cm³/mol. The fraction of sp³-hybridized carbons (Fsp3) is 0.400. The largest absolute Gasteiger partial charge is 0.489 e. The Morgan fingerprint density at radius 1 is 0.960 bits per heavy atom. The maximum absolute atomic E-state index is 6.16. The molecule has 0 aliphatic heterocycles. The molecule has 0 amide bonds. The number of ether oxygens (including phenoxy) is 1. The van der Waals surface area contributed by atoms with E-state index in [-0.39, 0.29) is 0 Å². The summed E-state index contributed by atoms with van der Waals surface area (Å²) in [5.74, 6) is 0.808. The van der Waals surface area contributed by atoms with Gasteiger partial charge in [0, 0.05) is 35.2 Å². The van der Waals surface area contributed by atoms with Crippen molar-refractivity contribution in [2.75, 3.05) is 26.2 Å². The van der Waals surface area contributed by atoms with Crippen LogP contribution in [0.3, 0.4) is 0 Å². The van der Waals surface area contributed by atoms with E-state index in [4.69, 9.17) is 27.9 Å². The molecule has 2 aromatic carbocycles. The summed E-state index contributed by atoms with van der Waals surface area (Å²) in [6.45, 7) is 9.87. The molecule has 0 radical (unpaired) electrons. The number of nitrogens with one attached hydrogen (secondary N) is 1. The quantitative estimate of drug-likeness (QED) is 0.586. The zero-order valence-electron chi connectivity index (χ0n) is 14.9. The molecule has 0 heterocycles. The van der Waals surface area contributed by atoms with Crippen LogP contribution in [-0.4, -0.2) is 31.1 Å². The molecule has 0 saturated heterocycles. The molecule has 0 aliphatic carbocycles. The van der Waals surface area contributed by atoms with Crippen LogP contribution in [0.2, 0.25) is 10.0 Å². The van der Waals surface area contributed by atoms with Gasteiger partial charge >= 0.3 is 0 Å². The van der Waals surface area contributed by atoms with Crippen LogP contribution in [0.4, 0.5) is 0 Å². The van der Waals surface area contributed by atoms with Crippen LogP contribution < -0.4 is 10.1 Å². The van der Waals surface area contributed by atoms with E-state index in [1.807, 2.05) is 30.3 Å². The van der Waals surface area contributed by atoms with Gasteiger partial charge in [0.15, 0.2) is 0 Å². The minimum atomic E-state index is 0.361. The number of benzene rings is 2. The van der Waals surface area contributed by atoms with E-state index in [9.17, 15) is 0 Å². The Hall–Kier alpha value is -1.26. The summed E-state index contributed by atoms with van der Waals surface area (Å²) in [5, 5.41) is 4.73. The average molecular weight is 381 g/mol. The van der Waals surface area contributed by atoms with E-state index < -0.39 is 0 Å². The van der Waals surface area contributed by atoms with Gasteiger partial charge in [0.1, 0.15) is 12.4 Å². The predicted octanol–water partition coefficient (Wildman–Crippen LogP) is 5.00. The van der Waals surface area contributed by atoms with E-state index in [1.165, 1.54) is 5.56 Å². The van der Waals surface area contributed by atoms with Gasteiger partial charge in [-0.15, -0.1) is 0 Å². The summed E-state index contributed by atoms with van der Waals surface area (Å²) < 4.78 is 5.80. The molecular weight excluding hydrogens is 355 g/mol. The summed E-state index contributed by atoms with van der Waals surface area (Å²) in [7, 11) is 0. The lowest BCUT2D eigenvalue weighted by Gasteiger charge is -2.18. The summed E-state index contributed by atoms with van der Waals surface area (Å²) in [4.78, 5) is 2.41. The second-order valence-corrected chi connectivity index (χ2v) is 6.65. The maximum atomic E-state index is 6.16. The van der Waals surface area contributed by atoms with Crippen molar-refractivity contribution in [3.05, 3.63) is 63.6 Å². The first-order valence-electron chi connectivity index (χ1n) is 8.71. The highest BCUT2D eigenvalue weighted by atomic mass is 35.5. The molecule has 0 aliphatic rings. The number of rotatable bonds is 10. The van der Waals surface area contributed by atoms with Crippen LogP contribution in [0.25, 0.3) is 0 Å². The number of hydrogen-bond donors (Lipinski definition) is 1. The molecule has 3 nitrogen and oxygen atoms in total. The second-order valence-electron chi connectivity index (χ2n) is 5.84. The Balaban J connectivity index is 1.78. The van der Waals surface area contributed by atoms with E-state index in [0.29, 0.717) is 16.7 Å². The molecule has 1 N–H and O–H groups in total. The van der Waals surface area contributed by atoms with Crippen molar-refractivity contribution in [1.82, 2.24) is 10.2 Å². The van der Waals surface area contributed by atoms with Gasteiger partial charge in [-0.25, -0.2) is 0 Å². The monoisotopic (exact) mass is 380 g/mol. The molecule has 2 rings (SSSR count). The Bertz CT molecular complexity index is 622. The number of nitrogens with zero attached hydrogens (tertiary/aromatic N) is 1. The Morgan fingerprint density at radius 2 is 1.60 bits per heavy atom. The topological polar surface area (TPSA) is 24.5 Å². The summed E-state index contributed by atoms with van der Waals surface area (Å²) in [5.41, 5.74) is 2.05. The van der Waals surface area contributed by atoms with Crippen molar-refractivity contribution in [3.63, 3.8) is 0 Å². The van der Waals surface area contributed by atoms with Crippen molar-refractivity contribution < 1.29 is 4.74 Å². The highest BCUT2D eigenvalue weighted by molar-refractivity contribution is 6.35. The second kappa shape index (κ2) is 10.7. The van der Waals surface area contributed by atoms with Crippen LogP contribution in [0.15, 0.2) is 42.5 Å².